The zero-order chi connectivity index (χ0) is 16.2. The fourth-order valence-corrected chi connectivity index (χ4v) is 2.84. The van der Waals surface area contributed by atoms with Crippen LogP contribution in [0.1, 0.15) is 11.1 Å². The van der Waals surface area contributed by atoms with E-state index in [9.17, 15) is 9.59 Å². The number of nitrogens with one attached hydrogen (secondary N) is 1. The molecular weight excluding hydrogens is 312 g/mol. The number of halogens is 1. The van der Waals surface area contributed by atoms with E-state index in [-0.39, 0.29) is 11.8 Å². The van der Waals surface area contributed by atoms with Crippen LogP contribution in [0.25, 0.3) is 0 Å². The van der Waals surface area contributed by atoms with Crippen LogP contribution in [0.4, 0.5) is 5.69 Å². The zero-order valence-electron chi connectivity index (χ0n) is 12.6. The van der Waals surface area contributed by atoms with E-state index >= 15 is 0 Å². The van der Waals surface area contributed by atoms with Crippen LogP contribution in [0, 0.1) is 0 Å². The minimum absolute atomic E-state index is 0.0627. The van der Waals surface area contributed by atoms with Gasteiger partial charge >= 0.3 is 0 Å². The fourth-order valence-electron chi connectivity index (χ4n) is 2.72. The van der Waals surface area contributed by atoms with Crippen LogP contribution in [0.5, 0.6) is 0 Å². The van der Waals surface area contributed by atoms with Crippen molar-refractivity contribution in [1.82, 2.24) is 5.32 Å². The highest BCUT2D eigenvalue weighted by Gasteiger charge is 2.26. The summed E-state index contributed by atoms with van der Waals surface area (Å²) in [6.45, 7) is 0.925. The number of nitrogens with zero attached hydrogens (tertiary/aromatic N) is 1. The summed E-state index contributed by atoms with van der Waals surface area (Å²) in [5.41, 5.74) is 2.91. The van der Waals surface area contributed by atoms with Crippen LogP contribution in [0.2, 0.25) is 5.02 Å². The monoisotopic (exact) mass is 328 g/mol. The van der Waals surface area contributed by atoms with E-state index in [1.165, 1.54) is 0 Å². The third-order valence-electron chi connectivity index (χ3n) is 3.86. The van der Waals surface area contributed by atoms with E-state index in [1.54, 1.807) is 17.0 Å². The quantitative estimate of drug-likeness (QED) is 0.917. The lowest BCUT2D eigenvalue weighted by molar-refractivity contribution is -0.121. The number of fused-ring (bicyclic) bond motifs is 1. The molecule has 0 aromatic heterocycles. The lowest BCUT2D eigenvalue weighted by Crippen LogP contribution is -2.37. The maximum absolute atomic E-state index is 12.0. The maximum atomic E-state index is 12.0. The average Bonchev–Trinajstić information content (AvgIpc) is 2.86. The van der Waals surface area contributed by atoms with Crippen molar-refractivity contribution in [2.24, 2.45) is 0 Å². The molecule has 2 amide bonds. The number of anilines is 1. The molecule has 0 unspecified atom stereocenters. The topological polar surface area (TPSA) is 49.4 Å². The van der Waals surface area contributed by atoms with Crippen LogP contribution in [-0.2, 0) is 22.4 Å². The first-order valence-electron chi connectivity index (χ1n) is 7.53. The van der Waals surface area contributed by atoms with Crippen molar-refractivity contribution in [2.45, 2.75) is 12.8 Å². The first-order chi connectivity index (χ1) is 11.1. The molecule has 0 saturated carbocycles. The summed E-state index contributed by atoms with van der Waals surface area (Å²) in [4.78, 5) is 25.7. The number of benzene rings is 2. The van der Waals surface area contributed by atoms with Gasteiger partial charge in [-0.25, -0.2) is 0 Å². The van der Waals surface area contributed by atoms with E-state index in [1.807, 2.05) is 36.4 Å². The number of rotatable bonds is 5. The van der Waals surface area contributed by atoms with E-state index in [4.69, 9.17) is 11.6 Å². The number of amides is 2. The molecule has 0 aliphatic carbocycles. The van der Waals surface area contributed by atoms with Gasteiger partial charge in [0, 0.05) is 23.8 Å². The smallest absolute Gasteiger partial charge is 0.231 e. The summed E-state index contributed by atoms with van der Waals surface area (Å²) >= 11 is 5.82. The molecule has 1 aliphatic heterocycles. The number of hydrogen-bond donors (Lipinski definition) is 1. The second-order valence-electron chi connectivity index (χ2n) is 5.50. The maximum Gasteiger partial charge on any atom is 0.231 e. The molecule has 1 heterocycles. The molecule has 0 saturated heterocycles. The largest absolute Gasteiger partial charge is 0.354 e. The Balaban J connectivity index is 1.50. The summed E-state index contributed by atoms with van der Waals surface area (Å²) in [7, 11) is 0. The molecule has 3 rings (SSSR count). The molecule has 0 spiro atoms. The Morgan fingerprint density at radius 2 is 1.87 bits per heavy atom. The van der Waals surface area contributed by atoms with Crippen molar-refractivity contribution in [2.75, 3.05) is 18.0 Å². The molecule has 4 nitrogen and oxygen atoms in total. The second-order valence-corrected chi connectivity index (χ2v) is 5.94. The average molecular weight is 329 g/mol. The van der Waals surface area contributed by atoms with Crippen LogP contribution in [0.15, 0.2) is 48.5 Å². The lowest BCUT2D eigenvalue weighted by atomic mass is 10.1. The predicted molar refractivity (Wildman–Crippen MR) is 90.7 cm³/mol. The standard InChI is InChI=1S/C18H17ClN2O2/c19-15-7-5-13(6-8-15)11-17(22)20-9-10-21-16-4-2-1-3-14(16)12-18(21)23/h1-8H,9-12H2,(H,20,22). The Morgan fingerprint density at radius 3 is 2.65 bits per heavy atom. The molecular formula is C18H17ClN2O2. The third-order valence-corrected chi connectivity index (χ3v) is 4.11. The van der Waals surface area contributed by atoms with Crippen molar-refractivity contribution in [3.8, 4) is 0 Å². The molecule has 1 N–H and O–H groups in total. The number of para-hydroxylation sites is 1. The minimum atomic E-state index is -0.0627. The van der Waals surface area contributed by atoms with Crippen LogP contribution < -0.4 is 10.2 Å². The Kier molecular flexibility index (Phi) is 4.63. The van der Waals surface area contributed by atoms with Gasteiger partial charge in [0.05, 0.1) is 12.8 Å². The molecule has 2 aromatic carbocycles. The molecule has 5 heteroatoms. The van der Waals surface area contributed by atoms with E-state index in [2.05, 4.69) is 5.32 Å². The van der Waals surface area contributed by atoms with E-state index in [0.717, 1.165) is 16.8 Å². The van der Waals surface area contributed by atoms with Gasteiger partial charge in [-0.3, -0.25) is 9.59 Å². The SMILES string of the molecule is O=C(Cc1ccc(Cl)cc1)NCCN1C(=O)Cc2ccccc21. The van der Waals surface area contributed by atoms with Gasteiger partial charge in [0.25, 0.3) is 0 Å². The van der Waals surface area contributed by atoms with Gasteiger partial charge in [-0.1, -0.05) is 41.9 Å². The normalized spacial score (nSPS) is 13.1. The van der Waals surface area contributed by atoms with Gasteiger partial charge in [-0.15, -0.1) is 0 Å². The summed E-state index contributed by atoms with van der Waals surface area (Å²) in [5, 5.41) is 3.51. The highest BCUT2D eigenvalue weighted by atomic mass is 35.5. The van der Waals surface area contributed by atoms with Crippen molar-refractivity contribution < 1.29 is 9.59 Å². The van der Waals surface area contributed by atoms with Crippen molar-refractivity contribution >= 4 is 29.1 Å². The Hall–Kier alpha value is -2.33. The van der Waals surface area contributed by atoms with Gasteiger partial charge in [0.1, 0.15) is 0 Å². The molecule has 0 radical (unpaired) electrons. The van der Waals surface area contributed by atoms with Gasteiger partial charge in [-0.2, -0.15) is 0 Å². The molecule has 1 aliphatic rings. The Labute approximate surface area is 140 Å². The van der Waals surface area contributed by atoms with Crippen molar-refractivity contribution in [3.05, 3.63) is 64.7 Å². The second kappa shape index (κ2) is 6.84. The predicted octanol–water partition coefficient (Wildman–Crippen LogP) is 2.59. The van der Waals surface area contributed by atoms with Gasteiger partial charge in [0.2, 0.25) is 11.8 Å². The summed E-state index contributed by atoms with van der Waals surface area (Å²) < 4.78 is 0. The van der Waals surface area contributed by atoms with Crippen molar-refractivity contribution in [3.63, 3.8) is 0 Å². The molecule has 0 atom stereocenters. The lowest BCUT2D eigenvalue weighted by Gasteiger charge is -2.17. The zero-order valence-corrected chi connectivity index (χ0v) is 13.3. The van der Waals surface area contributed by atoms with Gasteiger partial charge < -0.3 is 10.2 Å². The molecule has 0 fully saturated rings. The number of carbonyl (C=O) groups is 2. The summed E-state index contributed by atoms with van der Waals surface area (Å²) in [5.74, 6) is 0.0189. The van der Waals surface area contributed by atoms with Crippen molar-refractivity contribution in [1.29, 1.82) is 0 Å². The Bertz CT molecular complexity index is 728. The first kappa shape index (κ1) is 15.6. The van der Waals surface area contributed by atoms with Crippen LogP contribution in [0.3, 0.4) is 0 Å². The van der Waals surface area contributed by atoms with Crippen LogP contribution in [-0.4, -0.2) is 24.9 Å². The highest BCUT2D eigenvalue weighted by Crippen LogP contribution is 2.27. The number of hydrogen-bond acceptors (Lipinski definition) is 2. The fraction of sp³-hybridized carbons (Fsp3) is 0.222. The summed E-state index contributed by atoms with van der Waals surface area (Å²) in [6, 6.07) is 15.0. The third kappa shape index (κ3) is 3.71. The summed E-state index contributed by atoms with van der Waals surface area (Å²) in [6.07, 6.45) is 0.747. The van der Waals surface area contributed by atoms with E-state index < -0.39 is 0 Å². The molecule has 23 heavy (non-hydrogen) atoms. The molecule has 0 bridgehead atoms. The highest BCUT2D eigenvalue weighted by molar-refractivity contribution is 6.30. The molecule has 118 valence electrons. The number of carbonyl (C=O) groups excluding carboxylic acids is 2. The van der Waals surface area contributed by atoms with Gasteiger partial charge in [-0.05, 0) is 29.3 Å². The van der Waals surface area contributed by atoms with Crippen LogP contribution >= 0.6 is 11.6 Å². The minimum Gasteiger partial charge on any atom is -0.354 e. The Morgan fingerprint density at radius 1 is 1.13 bits per heavy atom. The first-order valence-corrected chi connectivity index (χ1v) is 7.91. The van der Waals surface area contributed by atoms with E-state index in [0.29, 0.717) is 31.0 Å². The molecule has 2 aromatic rings. The van der Waals surface area contributed by atoms with Gasteiger partial charge in [0.15, 0.2) is 0 Å².